The normalized spacial score (nSPS) is 10.7. The first-order chi connectivity index (χ1) is 10.7. The molecule has 0 aromatic heterocycles. The summed E-state index contributed by atoms with van der Waals surface area (Å²) in [7, 11) is 0. The van der Waals surface area contributed by atoms with Gasteiger partial charge in [-0.25, -0.2) is 0 Å². The second kappa shape index (κ2) is 8.11. The molecule has 0 atom stereocenters. The average Bonchev–Trinajstić information content (AvgIpc) is 2.48. The van der Waals surface area contributed by atoms with Crippen molar-refractivity contribution in [3.63, 3.8) is 0 Å². The van der Waals surface area contributed by atoms with Crippen molar-refractivity contribution in [1.82, 2.24) is 10.6 Å². The summed E-state index contributed by atoms with van der Waals surface area (Å²) < 4.78 is 0. The van der Waals surface area contributed by atoms with Crippen molar-refractivity contribution in [2.24, 2.45) is 5.41 Å². The van der Waals surface area contributed by atoms with Gasteiger partial charge in [0.1, 0.15) is 5.69 Å². The van der Waals surface area contributed by atoms with Gasteiger partial charge in [-0.15, -0.1) is 0 Å². The van der Waals surface area contributed by atoms with Gasteiger partial charge in [-0.1, -0.05) is 32.9 Å². The number of hydrogen-bond donors (Lipinski definition) is 3. The highest BCUT2D eigenvalue weighted by Crippen LogP contribution is 2.22. The zero-order chi connectivity index (χ0) is 17.5. The first-order valence-electron chi connectivity index (χ1n) is 7.24. The monoisotopic (exact) mass is 322 g/mol. The van der Waals surface area contributed by atoms with E-state index in [1.165, 1.54) is 6.07 Å². The van der Waals surface area contributed by atoms with E-state index in [-0.39, 0.29) is 30.6 Å². The summed E-state index contributed by atoms with van der Waals surface area (Å²) in [4.78, 5) is 33.6. The fourth-order valence-electron chi connectivity index (χ4n) is 1.67. The molecule has 1 aromatic carbocycles. The quantitative estimate of drug-likeness (QED) is 0.397. The minimum atomic E-state index is -0.548. The van der Waals surface area contributed by atoms with Crippen LogP contribution in [0.2, 0.25) is 0 Å². The van der Waals surface area contributed by atoms with Gasteiger partial charge in [0.15, 0.2) is 0 Å². The third kappa shape index (κ3) is 6.33. The number of amides is 2. The molecule has 1 aromatic rings. The van der Waals surface area contributed by atoms with Gasteiger partial charge >= 0.3 is 0 Å². The number of nitrogens with zero attached hydrogens (tertiary/aromatic N) is 1. The SMILES string of the molecule is CC(C)(C)C(=O)NCC(=O)NCCNc1ccccc1[N+](=O)[O-]. The van der Waals surface area contributed by atoms with Crippen molar-refractivity contribution >= 4 is 23.2 Å². The molecule has 0 aliphatic rings. The first kappa shape index (κ1) is 18.4. The molecule has 0 spiro atoms. The van der Waals surface area contributed by atoms with Crippen molar-refractivity contribution < 1.29 is 14.5 Å². The lowest BCUT2D eigenvalue weighted by molar-refractivity contribution is -0.384. The number of benzene rings is 1. The number of rotatable bonds is 7. The second-order valence-corrected chi connectivity index (χ2v) is 5.98. The maximum Gasteiger partial charge on any atom is 0.292 e. The van der Waals surface area contributed by atoms with E-state index in [4.69, 9.17) is 0 Å². The van der Waals surface area contributed by atoms with Crippen LogP contribution in [0.1, 0.15) is 20.8 Å². The maximum atomic E-state index is 11.6. The number of carbonyl (C=O) groups excluding carboxylic acids is 2. The Balaban J connectivity index is 2.31. The van der Waals surface area contributed by atoms with Crippen molar-refractivity contribution in [2.45, 2.75) is 20.8 Å². The maximum absolute atomic E-state index is 11.6. The third-order valence-electron chi connectivity index (χ3n) is 2.95. The summed E-state index contributed by atoms with van der Waals surface area (Å²) in [5.41, 5.74) is -0.169. The van der Waals surface area contributed by atoms with E-state index < -0.39 is 10.3 Å². The molecule has 126 valence electrons. The lowest BCUT2D eigenvalue weighted by Gasteiger charge is -2.17. The largest absolute Gasteiger partial charge is 0.378 e. The number of nitrogens with one attached hydrogen (secondary N) is 3. The van der Waals surface area contributed by atoms with Gasteiger partial charge in [-0.05, 0) is 6.07 Å². The Bertz CT molecular complexity index is 581. The Morgan fingerprint density at radius 3 is 2.39 bits per heavy atom. The summed E-state index contributed by atoms with van der Waals surface area (Å²) in [6, 6.07) is 6.28. The Labute approximate surface area is 134 Å². The summed E-state index contributed by atoms with van der Waals surface area (Å²) in [5, 5.41) is 18.9. The van der Waals surface area contributed by atoms with E-state index in [1.54, 1.807) is 39.0 Å². The number of anilines is 1. The summed E-state index contributed by atoms with van der Waals surface area (Å²) >= 11 is 0. The van der Waals surface area contributed by atoms with E-state index in [2.05, 4.69) is 16.0 Å². The summed E-state index contributed by atoms with van der Waals surface area (Å²) in [6.07, 6.45) is 0. The van der Waals surface area contributed by atoms with Crippen LogP contribution >= 0.6 is 0 Å². The highest BCUT2D eigenvalue weighted by molar-refractivity contribution is 5.87. The van der Waals surface area contributed by atoms with Crippen molar-refractivity contribution in [2.75, 3.05) is 25.0 Å². The molecule has 0 saturated heterocycles. The van der Waals surface area contributed by atoms with Crippen molar-refractivity contribution in [3.8, 4) is 0 Å². The highest BCUT2D eigenvalue weighted by Gasteiger charge is 2.21. The van der Waals surface area contributed by atoms with E-state index in [9.17, 15) is 19.7 Å². The summed E-state index contributed by atoms with van der Waals surface area (Å²) in [6.45, 7) is 5.81. The Morgan fingerprint density at radius 2 is 1.78 bits per heavy atom. The predicted molar refractivity (Wildman–Crippen MR) is 87.1 cm³/mol. The van der Waals surface area contributed by atoms with Gasteiger partial charge in [0.05, 0.1) is 11.5 Å². The zero-order valence-corrected chi connectivity index (χ0v) is 13.5. The molecule has 0 radical (unpaired) electrons. The second-order valence-electron chi connectivity index (χ2n) is 5.98. The van der Waals surface area contributed by atoms with Gasteiger partial charge in [0, 0.05) is 24.6 Å². The van der Waals surface area contributed by atoms with Crippen LogP contribution in [0.15, 0.2) is 24.3 Å². The average molecular weight is 322 g/mol. The van der Waals surface area contributed by atoms with Gasteiger partial charge in [0.2, 0.25) is 11.8 Å². The minimum absolute atomic E-state index is 0.0173. The van der Waals surface area contributed by atoms with E-state index in [1.807, 2.05) is 0 Å². The van der Waals surface area contributed by atoms with Crippen LogP contribution in [0, 0.1) is 15.5 Å². The number of carbonyl (C=O) groups is 2. The van der Waals surface area contributed by atoms with E-state index in [0.29, 0.717) is 12.2 Å². The fourth-order valence-corrected chi connectivity index (χ4v) is 1.67. The number of nitro groups is 1. The molecule has 1 rings (SSSR count). The van der Waals surface area contributed by atoms with Crippen LogP contribution in [-0.4, -0.2) is 36.4 Å². The van der Waals surface area contributed by atoms with Crippen LogP contribution < -0.4 is 16.0 Å². The topological polar surface area (TPSA) is 113 Å². The van der Waals surface area contributed by atoms with Gasteiger partial charge in [0.25, 0.3) is 5.69 Å². The molecule has 2 amide bonds. The summed E-state index contributed by atoms with van der Waals surface area (Å²) in [5.74, 6) is -0.516. The van der Waals surface area contributed by atoms with Gasteiger partial charge in [-0.3, -0.25) is 19.7 Å². The minimum Gasteiger partial charge on any atom is -0.378 e. The molecule has 0 unspecified atom stereocenters. The Kier molecular flexibility index (Phi) is 6.49. The molecule has 0 aliphatic heterocycles. The van der Waals surface area contributed by atoms with Crippen LogP contribution in [0.25, 0.3) is 0 Å². The first-order valence-corrected chi connectivity index (χ1v) is 7.24. The van der Waals surface area contributed by atoms with E-state index in [0.717, 1.165) is 0 Å². The van der Waals surface area contributed by atoms with Crippen molar-refractivity contribution in [1.29, 1.82) is 0 Å². The highest BCUT2D eigenvalue weighted by atomic mass is 16.6. The smallest absolute Gasteiger partial charge is 0.292 e. The van der Waals surface area contributed by atoms with Crippen molar-refractivity contribution in [3.05, 3.63) is 34.4 Å². The molecule has 8 heteroatoms. The molecular formula is C15H22N4O4. The lowest BCUT2D eigenvalue weighted by atomic mass is 9.96. The van der Waals surface area contributed by atoms with Crippen LogP contribution in [0.4, 0.5) is 11.4 Å². The van der Waals surface area contributed by atoms with Gasteiger partial charge in [-0.2, -0.15) is 0 Å². The van der Waals surface area contributed by atoms with E-state index >= 15 is 0 Å². The molecule has 0 fully saturated rings. The molecule has 8 nitrogen and oxygen atoms in total. The molecular weight excluding hydrogens is 300 g/mol. The number of nitro benzene ring substituents is 1. The molecule has 0 heterocycles. The lowest BCUT2D eigenvalue weighted by Crippen LogP contribution is -2.42. The Morgan fingerprint density at radius 1 is 1.13 bits per heavy atom. The van der Waals surface area contributed by atoms with Crippen LogP contribution in [0.5, 0.6) is 0 Å². The van der Waals surface area contributed by atoms with Crippen LogP contribution in [-0.2, 0) is 9.59 Å². The molecule has 0 saturated carbocycles. The van der Waals surface area contributed by atoms with Crippen LogP contribution in [0.3, 0.4) is 0 Å². The third-order valence-corrected chi connectivity index (χ3v) is 2.95. The number of hydrogen-bond acceptors (Lipinski definition) is 5. The molecule has 0 bridgehead atoms. The zero-order valence-electron chi connectivity index (χ0n) is 13.5. The van der Waals surface area contributed by atoms with Gasteiger partial charge < -0.3 is 16.0 Å². The predicted octanol–water partition coefficient (Wildman–Crippen LogP) is 1.29. The molecule has 23 heavy (non-hydrogen) atoms. The molecule has 0 aliphatic carbocycles. The number of para-hydroxylation sites is 2. The molecule has 3 N–H and O–H groups in total. The standard InChI is InChI=1S/C15H22N4O4/c1-15(2,3)14(21)18-10-13(20)17-9-8-16-11-6-4-5-7-12(11)19(22)23/h4-7,16H,8-10H2,1-3H3,(H,17,20)(H,18,21). The Hall–Kier alpha value is -2.64. The fraction of sp³-hybridized carbons (Fsp3) is 0.467.